The zero-order chi connectivity index (χ0) is 12.3. The number of aliphatic hydroxyl groups is 1. The van der Waals surface area contributed by atoms with E-state index in [0.29, 0.717) is 5.82 Å². The molecule has 1 saturated heterocycles. The monoisotopic (exact) mass is 238 g/mol. The van der Waals surface area contributed by atoms with Gasteiger partial charge in [-0.3, -0.25) is 4.79 Å². The number of anilines is 2. The lowest BCUT2D eigenvalue weighted by Crippen LogP contribution is -2.39. The van der Waals surface area contributed by atoms with E-state index in [1.165, 1.54) is 6.33 Å². The van der Waals surface area contributed by atoms with Crippen molar-refractivity contribution in [3.63, 3.8) is 0 Å². The number of nitrogens with zero attached hydrogens (tertiary/aromatic N) is 2. The summed E-state index contributed by atoms with van der Waals surface area (Å²) in [5.41, 5.74) is 5.56. The molecule has 0 radical (unpaired) electrons. The van der Waals surface area contributed by atoms with Gasteiger partial charge in [0.15, 0.2) is 5.82 Å². The van der Waals surface area contributed by atoms with Gasteiger partial charge in [0, 0.05) is 6.54 Å². The maximum absolute atomic E-state index is 11.5. The highest BCUT2D eigenvalue weighted by Crippen LogP contribution is 2.24. The second-order valence-corrected chi connectivity index (χ2v) is 4.35. The summed E-state index contributed by atoms with van der Waals surface area (Å²) >= 11 is 0. The van der Waals surface area contributed by atoms with Crippen LogP contribution in [0.3, 0.4) is 0 Å². The number of nitrogens with two attached hydrogens (primary N) is 1. The lowest BCUT2D eigenvalue weighted by molar-refractivity contribution is 0.254. The van der Waals surface area contributed by atoms with E-state index in [1.807, 2.05) is 4.90 Å². The lowest BCUT2D eigenvalue weighted by atomic mass is 10.1. The fraction of sp³-hybridized carbons (Fsp3) is 0.636. The molecule has 6 nitrogen and oxygen atoms in total. The standard InChI is InChI=1S/C11H18N4O2/c12-9-10(13-7-14-11(9)17)15-5-3-1-2-4-8(15)6-16/h7-8,16H,1-6,12H2,(H,13,14,17). The Bertz CT molecular complexity index is 432. The summed E-state index contributed by atoms with van der Waals surface area (Å²) in [5, 5.41) is 9.41. The average molecular weight is 238 g/mol. The Balaban J connectivity index is 2.35. The van der Waals surface area contributed by atoms with Crippen LogP contribution >= 0.6 is 0 Å². The minimum atomic E-state index is -0.323. The molecule has 6 heteroatoms. The van der Waals surface area contributed by atoms with Gasteiger partial charge >= 0.3 is 0 Å². The zero-order valence-corrected chi connectivity index (χ0v) is 9.72. The van der Waals surface area contributed by atoms with Crippen LogP contribution in [0.4, 0.5) is 11.5 Å². The molecule has 0 amide bonds. The molecule has 0 aliphatic carbocycles. The van der Waals surface area contributed by atoms with Crippen LogP contribution in [-0.4, -0.2) is 34.3 Å². The van der Waals surface area contributed by atoms with Crippen molar-refractivity contribution in [1.82, 2.24) is 9.97 Å². The molecule has 1 aromatic rings. The normalized spacial score (nSPS) is 21.2. The molecular formula is C11H18N4O2. The first-order valence-corrected chi connectivity index (χ1v) is 5.94. The van der Waals surface area contributed by atoms with E-state index in [1.54, 1.807) is 0 Å². The zero-order valence-electron chi connectivity index (χ0n) is 9.72. The summed E-state index contributed by atoms with van der Waals surface area (Å²) in [4.78, 5) is 20.0. The van der Waals surface area contributed by atoms with Gasteiger partial charge in [-0.1, -0.05) is 12.8 Å². The molecule has 0 aromatic carbocycles. The molecular weight excluding hydrogens is 220 g/mol. The first-order valence-electron chi connectivity index (χ1n) is 5.94. The van der Waals surface area contributed by atoms with Crippen LogP contribution in [0.1, 0.15) is 25.7 Å². The van der Waals surface area contributed by atoms with Gasteiger partial charge in [-0.2, -0.15) is 0 Å². The van der Waals surface area contributed by atoms with Crippen molar-refractivity contribution < 1.29 is 5.11 Å². The van der Waals surface area contributed by atoms with E-state index < -0.39 is 0 Å². The predicted octanol–water partition coefficient (Wildman–Crippen LogP) is 0.0934. The first-order chi connectivity index (χ1) is 8.24. The molecule has 1 atom stereocenters. The van der Waals surface area contributed by atoms with Crippen LogP contribution in [0, 0.1) is 0 Å². The van der Waals surface area contributed by atoms with Crippen molar-refractivity contribution in [2.24, 2.45) is 0 Å². The summed E-state index contributed by atoms with van der Waals surface area (Å²) in [6.45, 7) is 0.847. The Hall–Kier alpha value is -1.56. The number of nitrogen functional groups attached to an aromatic ring is 1. The molecule has 0 bridgehead atoms. The lowest BCUT2D eigenvalue weighted by Gasteiger charge is -2.30. The van der Waals surface area contributed by atoms with Crippen molar-refractivity contribution in [1.29, 1.82) is 0 Å². The number of H-pyrrole nitrogens is 1. The molecule has 4 N–H and O–H groups in total. The van der Waals surface area contributed by atoms with Crippen LogP contribution in [-0.2, 0) is 0 Å². The van der Waals surface area contributed by atoms with Gasteiger partial charge in [0.1, 0.15) is 5.69 Å². The second kappa shape index (κ2) is 5.18. The van der Waals surface area contributed by atoms with E-state index in [0.717, 1.165) is 32.2 Å². The number of hydrogen-bond donors (Lipinski definition) is 3. The van der Waals surface area contributed by atoms with E-state index in [4.69, 9.17) is 5.73 Å². The fourth-order valence-electron chi connectivity index (χ4n) is 2.28. The third-order valence-corrected chi connectivity index (χ3v) is 3.23. The van der Waals surface area contributed by atoms with Gasteiger partial charge in [-0.25, -0.2) is 4.98 Å². The Labute approximate surface area is 99.5 Å². The van der Waals surface area contributed by atoms with Gasteiger partial charge in [0.25, 0.3) is 5.56 Å². The summed E-state index contributed by atoms with van der Waals surface area (Å²) in [5.74, 6) is 0.495. The topological polar surface area (TPSA) is 95.2 Å². The highest BCUT2D eigenvalue weighted by molar-refractivity contribution is 5.61. The van der Waals surface area contributed by atoms with E-state index >= 15 is 0 Å². The predicted molar refractivity (Wildman–Crippen MR) is 66.0 cm³/mol. The number of rotatable bonds is 2. The molecule has 2 heterocycles. The SMILES string of the molecule is Nc1c(N2CCCCCC2CO)nc[nH]c1=O. The van der Waals surface area contributed by atoms with Crippen molar-refractivity contribution >= 4 is 11.5 Å². The number of aromatic nitrogens is 2. The number of nitrogens with one attached hydrogen (secondary N) is 1. The Kier molecular flexibility index (Phi) is 3.63. The summed E-state index contributed by atoms with van der Waals surface area (Å²) < 4.78 is 0. The van der Waals surface area contributed by atoms with Crippen molar-refractivity contribution in [3.8, 4) is 0 Å². The Morgan fingerprint density at radius 2 is 2.35 bits per heavy atom. The Morgan fingerprint density at radius 1 is 1.53 bits per heavy atom. The third-order valence-electron chi connectivity index (χ3n) is 3.23. The first kappa shape index (κ1) is 11.9. The molecule has 0 spiro atoms. The van der Waals surface area contributed by atoms with Crippen molar-refractivity contribution in [2.45, 2.75) is 31.7 Å². The van der Waals surface area contributed by atoms with E-state index in [-0.39, 0.29) is 23.9 Å². The highest BCUT2D eigenvalue weighted by atomic mass is 16.3. The third kappa shape index (κ3) is 2.41. The van der Waals surface area contributed by atoms with Crippen LogP contribution in [0.15, 0.2) is 11.1 Å². The molecule has 1 fully saturated rings. The minimum absolute atomic E-state index is 0.00843. The largest absolute Gasteiger partial charge is 0.394 e. The molecule has 1 aliphatic rings. The van der Waals surface area contributed by atoms with Gasteiger partial charge in [0.05, 0.1) is 19.0 Å². The van der Waals surface area contributed by atoms with Crippen LogP contribution in [0.5, 0.6) is 0 Å². The molecule has 1 aliphatic heterocycles. The number of hydrogen-bond acceptors (Lipinski definition) is 5. The van der Waals surface area contributed by atoms with Gasteiger partial charge in [-0.15, -0.1) is 0 Å². The van der Waals surface area contributed by atoms with Crippen LogP contribution in [0.2, 0.25) is 0 Å². The van der Waals surface area contributed by atoms with Crippen LogP contribution in [0.25, 0.3) is 0 Å². The van der Waals surface area contributed by atoms with Gasteiger partial charge in [0.2, 0.25) is 0 Å². The number of aliphatic hydroxyl groups excluding tert-OH is 1. The molecule has 0 saturated carbocycles. The smallest absolute Gasteiger partial charge is 0.276 e. The van der Waals surface area contributed by atoms with E-state index in [2.05, 4.69) is 9.97 Å². The quantitative estimate of drug-likeness (QED) is 0.679. The van der Waals surface area contributed by atoms with Crippen molar-refractivity contribution in [2.75, 3.05) is 23.8 Å². The van der Waals surface area contributed by atoms with Gasteiger partial charge < -0.3 is 20.7 Å². The summed E-state index contributed by atoms with van der Waals surface area (Å²) in [6, 6.07) is 0.00843. The Morgan fingerprint density at radius 3 is 3.12 bits per heavy atom. The molecule has 1 unspecified atom stereocenters. The van der Waals surface area contributed by atoms with Crippen molar-refractivity contribution in [3.05, 3.63) is 16.7 Å². The summed E-state index contributed by atoms with van der Waals surface area (Å²) in [7, 11) is 0. The van der Waals surface area contributed by atoms with E-state index in [9.17, 15) is 9.90 Å². The number of aromatic amines is 1. The van der Waals surface area contributed by atoms with Crippen LogP contribution < -0.4 is 16.2 Å². The molecule has 1 aromatic heterocycles. The molecule has 94 valence electrons. The maximum atomic E-state index is 11.5. The van der Waals surface area contributed by atoms with Gasteiger partial charge in [-0.05, 0) is 12.8 Å². The molecule has 2 rings (SSSR count). The average Bonchev–Trinajstić information content (AvgIpc) is 2.57. The fourth-order valence-corrected chi connectivity index (χ4v) is 2.28. The maximum Gasteiger partial charge on any atom is 0.276 e. The second-order valence-electron chi connectivity index (χ2n) is 4.35. The highest BCUT2D eigenvalue weighted by Gasteiger charge is 2.23. The molecule has 17 heavy (non-hydrogen) atoms. The summed E-state index contributed by atoms with van der Waals surface area (Å²) in [6.07, 6.45) is 5.52. The minimum Gasteiger partial charge on any atom is -0.394 e.